The van der Waals surface area contributed by atoms with Crippen molar-refractivity contribution < 1.29 is 4.79 Å². The molecule has 2 rings (SSSR count). The first-order valence-corrected chi connectivity index (χ1v) is 6.54. The average Bonchev–Trinajstić information content (AvgIpc) is 2.26. The van der Waals surface area contributed by atoms with Gasteiger partial charge in [-0.1, -0.05) is 6.42 Å². The van der Waals surface area contributed by atoms with Crippen molar-refractivity contribution in [3.63, 3.8) is 0 Å². The van der Waals surface area contributed by atoms with Crippen molar-refractivity contribution >= 4 is 5.91 Å². The topological polar surface area (TPSA) is 44.4 Å². The van der Waals surface area contributed by atoms with E-state index in [-0.39, 0.29) is 5.91 Å². The molecular weight excluding hydrogens is 202 g/mol. The Hall–Kier alpha value is -0.610. The lowest BCUT2D eigenvalue weighted by atomic mass is 9.85. The normalized spacial score (nSPS) is 22.8. The number of nitrogens with zero attached hydrogens (tertiary/aromatic N) is 1. The van der Waals surface area contributed by atoms with E-state index in [1.807, 2.05) is 0 Å². The lowest BCUT2D eigenvalue weighted by Gasteiger charge is -2.27. The maximum absolute atomic E-state index is 11.6. The standard InChI is InChI=1S/C12H23N3O/c16-12(14-10-11-2-1-3-11)4-7-15-8-5-13-6-9-15/h11,13H,1-10H2,(H,14,16). The van der Waals surface area contributed by atoms with Crippen LogP contribution >= 0.6 is 0 Å². The number of nitrogens with one attached hydrogen (secondary N) is 2. The zero-order valence-corrected chi connectivity index (χ0v) is 10.0. The minimum Gasteiger partial charge on any atom is -0.356 e. The summed E-state index contributed by atoms with van der Waals surface area (Å²) in [6.45, 7) is 6.10. The van der Waals surface area contributed by atoms with Gasteiger partial charge in [0.2, 0.25) is 5.91 Å². The quantitative estimate of drug-likeness (QED) is 0.702. The van der Waals surface area contributed by atoms with E-state index in [1.165, 1.54) is 19.3 Å². The van der Waals surface area contributed by atoms with Crippen molar-refractivity contribution in [3.8, 4) is 0 Å². The number of rotatable bonds is 5. The van der Waals surface area contributed by atoms with Crippen LogP contribution in [0.3, 0.4) is 0 Å². The number of piperazine rings is 1. The van der Waals surface area contributed by atoms with E-state index in [4.69, 9.17) is 0 Å². The summed E-state index contributed by atoms with van der Waals surface area (Å²) in [5.74, 6) is 0.994. The number of carbonyl (C=O) groups is 1. The summed E-state index contributed by atoms with van der Waals surface area (Å²) in [6.07, 6.45) is 4.62. The number of carbonyl (C=O) groups excluding carboxylic acids is 1. The second-order valence-corrected chi connectivity index (χ2v) is 4.94. The van der Waals surface area contributed by atoms with Gasteiger partial charge in [-0.25, -0.2) is 0 Å². The molecule has 4 heteroatoms. The van der Waals surface area contributed by atoms with Crippen LogP contribution in [-0.2, 0) is 4.79 Å². The lowest BCUT2D eigenvalue weighted by Crippen LogP contribution is -2.44. The molecule has 0 atom stereocenters. The summed E-state index contributed by atoms with van der Waals surface area (Å²) < 4.78 is 0. The second kappa shape index (κ2) is 6.21. The summed E-state index contributed by atoms with van der Waals surface area (Å²) >= 11 is 0. The molecule has 1 saturated carbocycles. The Labute approximate surface area is 97.8 Å². The molecule has 0 aromatic rings. The monoisotopic (exact) mass is 225 g/mol. The first-order chi connectivity index (χ1) is 7.84. The summed E-state index contributed by atoms with van der Waals surface area (Å²) in [6, 6.07) is 0. The summed E-state index contributed by atoms with van der Waals surface area (Å²) in [5.41, 5.74) is 0. The molecule has 0 bridgehead atoms. The van der Waals surface area contributed by atoms with Crippen LogP contribution in [0, 0.1) is 5.92 Å². The highest BCUT2D eigenvalue weighted by atomic mass is 16.1. The molecule has 1 saturated heterocycles. The van der Waals surface area contributed by atoms with Crippen molar-refractivity contribution in [3.05, 3.63) is 0 Å². The SMILES string of the molecule is O=C(CCN1CCNCC1)NCC1CCC1. The Morgan fingerprint density at radius 1 is 1.31 bits per heavy atom. The van der Waals surface area contributed by atoms with E-state index in [9.17, 15) is 4.79 Å². The van der Waals surface area contributed by atoms with E-state index in [2.05, 4.69) is 15.5 Å². The maximum Gasteiger partial charge on any atom is 0.221 e. The Morgan fingerprint density at radius 3 is 2.69 bits per heavy atom. The molecular formula is C12H23N3O. The highest BCUT2D eigenvalue weighted by Crippen LogP contribution is 2.25. The van der Waals surface area contributed by atoms with Gasteiger partial charge < -0.3 is 15.5 Å². The molecule has 0 radical (unpaired) electrons. The van der Waals surface area contributed by atoms with Crippen LogP contribution in [0.4, 0.5) is 0 Å². The Bertz CT molecular complexity index is 222. The Kier molecular flexibility index (Phi) is 4.60. The van der Waals surface area contributed by atoms with Crippen LogP contribution in [0.25, 0.3) is 0 Å². The highest BCUT2D eigenvalue weighted by Gasteiger charge is 2.18. The third kappa shape index (κ3) is 3.76. The van der Waals surface area contributed by atoms with Crippen molar-refractivity contribution in [1.82, 2.24) is 15.5 Å². The summed E-state index contributed by atoms with van der Waals surface area (Å²) in [4.78, 5) is 13.9. The molecule has 2 aliphatic rings. The van der Waals surface area contributed by atoms with Gasteiger partial charge in [-0.3, -0.25) is 4.79 Å². The van der Waals surface area contributed by atoms with Crippen LogP contribution in [0.5, 0.6) is 0 Å². The van der Waals surface area contributed by atoms with Crippen LogP contribution < -0.4 is 10.6 Å². The van der Waals surface area contributed by atoms with Crippen LogP contribution in [-0.4, -0.2) is 50.1 Å². The number of hydrogen-bond acceptors (Lipinski definition) is 3. The van der Waals surface area contributed by atoms with Gasteiger partial charge in [-0.05, 0) is 18.8 Å². The number of amides is 1. The van der Waals surface area contributed by atoms with Gasteiger partial charge in [0.15, 0.2) is 0 Å². The van der Waals surface area contributed by atoms with E-state index < -0.39 is 0 Å². The zero-order valence-electron chi connectivity index (χ0n) is 10.0. The zero-order chi connectivity index (χ0) is 11.2. The molecule has 0 aromatic carbocycles. The lowest BCUT2D eigenvalue weighted by molar-refractivity contribution is -0.121. The van der Waals surface area contributed by atoms with Crippen molar-refractivity contribution in [2.75, 3.05) is 39.3 Å². The molecule has 1 aliphatic carbocycles. The predicted octanol–water partition coefficient (Wildman–Crippen LogP) is 0.198. The van der Waals surface area contributed by atoms with Crippen molar-refractivity contribution in [1.29, 1.82) is 0 Å². The van der Waals surface area contributed by atoms with Gasteiger partial charge in [0.05, 0.1) is 0 Å². The molecule has 1 amide bonds. The molecule has 1 aliphatic heterocycles. The van der Waals surface area contributed by atoms with E-state index in [1.54, 1.807) is 0 Å². The van der Waals surface area contributed by atoms with Gasteiger partial charge in [0.25, 0.3) is 0 Å². The van der Waals surface area contributed by atoms with Crippen molar-refractivity contribution in [2.45, 2.75) is 25.7 Å². The first-order valence-electron chi connectivity index (χ1n) is 6.54. The van der Waals surface area contributed by atoms with Crippen LogP contribution in [0.15, 0.2) is 0 Å². The molecule has 0 spiro atoms. The molecule has 4 nitrogen and oxygen atoms in total. The third-order valence-corrected chi connectivity index (χ3v) is 3.68. The minimum atomic E-state index is 0.227. The fourth-order valence-electron chi connectivity index (χ4n) is 2.24. The molecule has 0 aromatic heterocycles. The van der Waals surface area contributed by atoms with E-state index in [0.29, 0.717) is 6.42 Å². The predicted molar refractivity (Wildman–Crippen MR) is 64.3 cm³/mol. The fourth-order valence-corrected chi connectivity index (χ4v) is 2.24. The van der Waals surface area contributed by atoms with Gasteiger partial charge >= 0.3 is 0 Å². The summed E-state index contributed by atoms with van der Waals surface area (Å²) in [5, 5.41) is 6.36. The molecule has 1 heterocycles. The molecule has 2 N–H and O–H groups in total. The molecule has 0 unspecified atom stereocenters. The first kappa shape index (κ1) is 11.9. The van der Waals surface area contributed by atoms with Crippen LogP contribution in [0.1, 0.15) is 25.7 Å². The highest BCUT2D eigenvalue weighted by molar-refractivity contribution is 5.76. The van der Waals surface area contributed by atoms with Crippen molar-refractivity contribution in [2.24, 2.45) is 5.92 Å². The van der Waals surface area contributed by atoms with Gasteiger partial charge in [-0.15, -0.1) is 0 Å². The second-order valence-electron chi connectivity index (χ2n) is 4.94. The largest absolute Gasteiger partial charge is 0.356 e. The molecule has 16 heavy (non-hydrogen) atoms. The third-order valence-electron chi connectivity index (χ3n) is 3.68. The van der Waals surface area contributed by atoms with Gasteiger partial charge in [0, 0.05) is 45.7 Å². The summed E-state index contributed by atoms with van der Waals surface area (Å²) in [7, 11) is 0. The Balaban J connectivity index is 1.52. The van der Waals surface area contributed by atoms with E-state index in [0.717, 1.165) is 45.2 Å². The van der Waals surface area contributed by atoms with E-state index >= 15 is 0 Å². The Morgan fingerprint density at radius 2 is 2.06 bits per heavy atom. The smallest absolute Gasteiger partial charge is 0.221 e. The average molecular weight is 225 g/mol. The number of hydrogen-bond donors (Lipinski definition) is 2. The van der Waals surface area contributed by atoms with Gasteiger partial charge in [-0.2, -0.15) is 0 Å². The minimum absolute atomic E-state index is 0.227. The maximum atomic E-state index is 11.6. The fraction of sp³-hybridized carbons (Fsp3) is 0.917. The molecule has 92 valence electrons. The van der Waals surface area contributed by atoms with Crippen LogP contribution in [0.2, 0.25) is 0 Å². The molecule has 2 fully saturated rings. The van der Waals surface area contributed by atoms with Gasteiger partial charge in [0.1, 0.15) is 0 Å².